The van der Waals surface area contributed by atoms with Crippen LogP contribution in [-0.2, 0) is 6.54 Å². The molecule has 106 valence electrons. The van der Waals surface area contributed by atoms with Gasteiger partial charge in [-0.2, -0.15) is 0 Å². The van der Waals surface area contributed by atoms with E-state index in [9.17, 15) is 4.79 Å². The molecule has 21 heavy (non-hydrogen) atoms. The summed E-state index contributed by atoms with van der Waals surface area (Å²) in [6, 6.07) is 11.3. The van der Waals surface area contributed by atoms with Gasteiger partial charge in [0.25, 0.3) is 5.91 Å². The number of anilines is 1. The summed E-state index contributed by atoms with van der Waals surface area (Å²) in [5, 5.41) is 11.5. The number of nitrogens with one attached hydrogen (secondary N) is 2. The van der Waals surface area contributed by atoms with Gasteiger partial charge in [0.15, 0.2) is 0 Å². The number of aromatic nitrogens is 2. The zero-order chi connectivity index (χ0) is 14.7. The standard InChI is InChI=1S/C15H14N4O2/c1-16-14-12-5-3-2-4-10(12)8-13(18-14)15(20)17-9-11-6-7-21-19-11/h2-8H,9H2,1H3,(H,16,18)(H,17,20). The third kappa shape index (κ3) is 2.69. The molecule has 0 spiro atoms. The van der Waals surface area contributed by atoms with Gasteiger partial charge in [0, 0.05) is 18.5 Å². The molecule has 0 aliphatic rings. The molecular formula is C15H14N4O2. The number of fused-ring (bicyclic) bond motifs is 1. The van der Waals surface area contributed by atoms with Crippen molar-refractivity contribution in [2.45, 2.75) is 6.54 Å². The third-order valence-corrected chi connectivity index (χ3v) is 3.13. The Kier molecular flexibility index (Phi) is 3.51. The van der Waals surface area contributed by atoms with Gasteiger partial charge in [-0.15, -0.1) is 0 Å². The Bertz CT molecular complexity index is 768. The van der Waals surface area contributed by atoms with Crippen LogP contribution < -0.4 is 10.6 Å². The van der Waals surface area contributed by atoms with Crippen LogP contribution in [-0.4, -0.2) is 23.1 Å². The maximum Gasteiger partial charge on any atom is 0.270 e. The van der Waals surface area contributed by atoms with E-state index in [0.717, 1.165) is 10.8 Å². The van der Waals surface area contributed by atoms with Gasteiger partial charge in [-0.3, -0.25) is 4.79 Å². The number of rotatable bonds is 4. The smallest absolute Gasteiger partial charge is 0.270 e. The molecule has 0 unspecified atom stereocenters. The fourth-order valence-electron chi connectivity index (χ4n) is 2.10. The summed E-state index contributed by atoms with van der Waals surface area (Å²) < 4.78 is 4.72. The largest absolute Gasteiger partial charge is 0.373 e. The highest BCUT2D eigenvalue weighted by molar-refractivity contribution is 6.00. The van der Waals surface area contributed by atoms with Crippen molar-refractivity contribution in [3.63, 3.8) is 0 Å². The Morgan fingerprint density at radius 1 is 1.29 bits per heavy atom. The van der Waals surface area contributed by atoms with Crippen molar-refractivity contribution in [1.82, 2.24) is 15.5 Å². The van der Waals surface area contributed by atoms with E-state index < -0.39 is 0 Å². The van der Waals surface area contributed by atoms with Gasteiger partial charge >= 0.3 is 0 Å². The fraction of sp³-hybridized carbons (Fsp3) is 0.133. The molecule has 3 rings (SSSR count). The van der Waals surface area contributed by atoms with Crippen LogP contribution in [0.25, 0.3) is 10.8 Å². The minimum atomic E-state index is -0.250. The number of nitrogens with zero attached hydrogens (tertiary/aromatic N) is 2. The lowest BCUT2D eigenvalue weighted by atomic mass is 10.1. The van der Waals surface area contributed by atoms with Gasteiger partial charge in [-0.25, -0.2) is 4.98 Å². The van der Waals surface area contributed by atoms with Gasteiger partial charge in [-0.05, 0) is 11.5 Å². The van der Waals surface area contributed by atoms with E-state index in [4.69, 9.17) is 4.52 Å². The predicted octanol–water partition coefficient (Wildman–Crippen LogP) is 2.19. The Balaban J connectivity index is 1.87. The lowest BCUT2D eigenvalue weighted by Gasteiger charge is -2.08. The van der Waals surface area contributed by atoms with E-state index in [-0.39, 0.29) is 5.91 Å². The average molecular weight is 282 g/mol. The molecule has 6 nitrogen and oxygen atoms in total. The van der Waals surface area contributed by atoms with E-state index in [1.165, 1.54) is 6.26 Å². The van der Waals surface area contributed by atoms with Crippen LogP contribution in [0.5, 0.6) is 0 Å². The van der Waals surface area contributed by atoms with Crippen LogP contribution in [0.2, 0.25) is 0 Å². The lowest BCUT2D eigenvalue weighted by molar-refractivity contribution is 0.0945. The fourth-order valence-corrected chi connectivity index (χ4v) is 2.10. The summed E-state index contributed by atoms with van der Waals surface area (Å²) in [4.78, 5) is 16.5. The van der Waals surface area contributed by atoms with Crippen molar-refractivity contribution >= 4 is 22.5 Å². The third-order valence-electron chi connectivity index (χ3n) is 3.13. The molecule has 2 heterocycles. The second-order valence-corrected chi connectivity index (χ2v) is 4.50. The van der Waals surface area contributed by atoms with Gasteiger partial charge in [-0.1, -0.05) is 29.4 Å². The second-order valence-electron chi connectivity index (χ2n) is 4.50. The first-order valence-electron chi connectivity index (χ1n) is 6.53. The molecular weight excluding hydrogens is 268 g/mol. The summed E-state index contributed by atoms with van der Waals surface area (Å²) in [7, 11) is 1.78. The van der Waals surface area contributed by atoms with Crippen molar-refractivity contribution in [3.05, 3.63) is 54.0 Å². The Labute approximate surface area is 121 Å². The molecule has 0 radical (unpaired) electrons. The highest BCUT2D eigenvalue weighted by atomic mass is 16.5. The number of amides is 1. The van der Waals surface area contributed by atoms with Crippen LogP contribution in [0.3, 0.4) is 0 Å². The molecule has 0 aliphatic heterocycles. The Hall–Kier alpha value is -2.89. The molecule has 1 aromatic carbocycles. The summed E-state index contributed by atoms with van der Waals surface area (Å²) >= 11 is 0. The van der Waals surface area contributed by atoms with Crippen molar-refractivity contribution in [2.75, 3.05) is 12.4 Å². The minimum absolute atomic E-state index is 0.250. The number of carbonyl (C=O) groups excluding carboxylic acids is 1. The molecule has 2 N–H and O–H groups in total. The zero-order valence-corrected chi connectivity index (χ0v) is 11.5. The quantitative estimate of drug-likeness (QED) is 0.766. The van der Waals surface area contributed by atoms with Crippen LogP contribution >= 0.6 is 0 Å². The second kappa shape index (κ2) is 5.62. The van der Waals surface area contributed by atoms with E-state index in [2.05, 4.69) is 20.8 Å². The number of hydrogen-bond donors (Lipinski definition) is 2. The van der Waals surface area contributed by atoms with Crippen LogP contribution in [0.15, 0.2) is 47.2 Å². The van der Waals surface area contributed by atoms with Crippen LogP contribution in [0.1, 0.15) is 16.2 Å². The molecule has 0 saturated heterocycles. The normalized spacial score (nSPS) is 10.5. The SMILES string of the molecule is CNc1nc(C(=O)NCc2ccon2)cc2ccccc12. The number of hydrogen-bond acceptors (Lipinski definition) is 5. The van der Waals surface area contributed by atoms with E-state index in [0.29, 0.717) is 23.8 Å². The molecule has 6 heteroatoms. The molecule has 0 saturated carbocycles. The summed E-state index contributed by atoms with van der Waals surface area (Å²) in [6.45, 7) is 0.304. The van der Waals surface area contributed by atoms with Crippen LogP contribution in [0, 0.1) is 0 Å². The van der Waals surface area contributed by atoms with Gasteiger partial charge in [0.2, 0.25) is 0 Å². The molecule has 3 aromatic rings. The minimum Gasteiger partial charge on any atom is -0.373 e. The summed E-state index contributed by atoms with van der Waals surface area (Å²) in [6.07, 6.45) is 1.47. The Morgan fingerprint density at radius 3 is 2.90 bits per heavy atom. The molecule has 0 fully saturated rings. The maximum atomic E-state index is 12.2. The molecule has 0 bridgehead atoms. The first-order valence-corrected chi connectivity index (χ1v) is 6.53. The zero-order valence-electron chi connectivity index (χ0n) is 11.5. The summed E-state index contributed by atoms with van der Waals surface area (Å²) in [5.74, 6) is 0.430. The van der Waals surface area contributed by atoms with Crippen molar-refractivity contribution in [2.24, 2.45) is 0 Å². The van der Waals surface area contributed by atoms with E-state index in [1.54, 1.807) is 19.2 Å². The first-order chi connectivity index (χ1) is 10.3. The van der Waals surface area contributed by atoms with Crippen LogP contribution in [0.4, 0.5) is 5.82 Å². The number of carbonyl (C=O) groups is 1. The highest BCUT2D eigenvalue weighted by Gasteiger charge is 2.11. The topological polar surface area (TPSA) is 80.0 Å². The van der Waals surface area contributed by atoms with Gasteiger partial charge < -0.3 is 15.2 Å². The molecule has 0 atom stereocenters. The summed E-state index contributed by atoms with van der Waals surface area (Å²) in [5.41, 5.74) is 1.03. The molecule has 0 aliphatic carbocycles. The van der Waals surface area contributed by atoms with Gasteiger partial charge in [0.05, 0.1) is 6.54 Å². The number of pyridine rings is 1. The van der Waals surface area contributed by atoms with Crippen molar-refractivity contribution in [1.29, 1.82) is 0 Å². The first kappa shape index (κ1) is 13.1. The molecule has 2 aromatic heterocycles. The number of benzene rings is 1. The van der Waals surface area contributed by atoms with Crippen molar-refractivity contribution < 1.29 is 9.32 Å². The Morgan fingerprint density at radius 2 is 2.14 bits per heavy atom. The lowest BCUT2D eigenvalue weighted by Crippen LogP contribution is -2.24. The average Bonchev–Trinajstić information content (AvgIpc) is 3.04. The molecule has 1 amide bonds. The van der Waals surface area contributed by atoms with E-state index in [1.807, 2.05) is 24.3 Å². The highest BCUT2D eigenvalue weighted by Crippen LogP contribution is 2.22. The predicted molar refractivity (Wildman–Crippen MR) is 79.0 cm³/mol. The van der Waals surface area contributed by atoms with Crippen molar-refractivity contribution in [3.8, 4) is 0 Å². The van der Waals surface area contributed by atoms with Gasteiger partial charge in [0.1, 0.15) is 23.5 Å². The van der Waals surface area contributed by atoms with E-state index >= 15 is 0 Å². The monoisotopic (exact) mass is 282 g/mol. The maximum absolute atomic E-state index is 12.2.